The van der Waals surface area contributed by atoms with Crippen LogP contribution < -0.4 is 10.6 Å². The van der Waals surface area contributed by atoms with Crippen LogP contribution in [-0.2, 0) is 13.0 Å². The number of benzene rings is 2. The van der Waals surface area contributed by atoms with Crippen molar-refractivity contribution in [2.45, 2.75) is 19.9 Å². The highest BCUT2D eigenvalue weighted by Gasteiger charge is 2.10. The van der Waals surface area contributed by atoms with Crippen molar-refractivity contribution in [1.82, 2.24) is 20.6 Å². The zero-order valence-corrected chi connectivity index (χ0v) is 17.5. The molecule has 0 aliphatic heterocycles. The number of nitrogens with zero attached hydrogens (tertiary/aromatic N) is 2. The summed E-state index contributed by atoms with van der Waals surface area (Å²) >= 11 is 1.73. The predicted molar refractivity (Wildman–Crippen MR) is 122 cm³/mol. The summed E-state index contributed by atoms with van der Waals surface area (Å²) in [5.41, 5.74) is 4.72. The second-order valence-corrected chi connectivity index (χ2v) is 7.94. The Labute approximate surface area is 174 Å². The van der Waals surface area contributed by atoms with E-state index in [0.29, 0.717) is 6.54 Å². The lowest BCUT2D eigenvalue weighted by Gasteiger charge is -2.11. The van der Waals surface area contributed by atoms with Gasteiger partial charge in [-0.15, -0.1) is 11.3 Å². The standard InChI is InChI=1S/C23H25N5S/c1-16-21(29-22(28-16)17-8-4-3-5-9-17)15-27-23(24-2)25-13-12-18-14-26-20-11-7-6-10-19(18)20/h3-11,14,26H,12-13,15H2,1-2H3,(H2,24,25,27). The summed E-state index contributed by atoms with van der Waals surface area (Å²) in [5, 5.41) is 9.16. The Hall–Kier alpha value is -3.12. The normalized spacial score (nSPS) is 11.7. The van der Waals surface area contributed by atoms with E-state index in [9.17, 15) is 0 Å². The number of aromatic nitrogens is 2. The number of aliphatic imine (C=N–C) groups is 1. The summed E-state index contributed by atoms with van der Waals surface area (Å²) in [5.74, 6) is 0.805. The van der Waals surface area contributed by atoms with Crippen molar-refractivity contribution >= 4 is 28.2 Å². The van der Waals surface area contributed by atoms with Crippen molar-refractivity contribution in [2.75, 3.05) is 13.6 Å². The molecule has 0 fully saturated rings. The van der Waals surface area contributed by atoms with Gasteiger partial charge in [0.25, 0.3) is 0 Å². The molecule has 0 atom stereocenters. The van der Waals surface area contributed by atoms with Crippen LogP contribution in [0.3, 0.4) is 0 Å². The number of H-pyrrole nitrogens is 1. The molecule has 0 saturated heterocycles. The Morgan fingerprint density at radius 3 is 2.69 bits per heavy atom. The van der Waals surface area contributed by atoms with Crippen molar-refractivity contribution in [3.8, 4) is 10.6 Å². The summed E-state index contributed by atoms with van der Waals surface area (Å²) in [6.45, 7) is 3.59. The maximum absolute atomic E-state index is 4.72. The lowest BCUT2D eigenvalue weighted by molar-refractivity contribution is 0.798. The molecule has 0 aliphatic rings. The van der Waals surface area contributed by atoms with Gasteiger partial charge in [-0.3, -0.25) is 4.99 Å². The summed E-state index contributed by atoms with van der Waals surface area (Å²) in [7, 11) is 1.80. The lowest BCUT2D eigenvalue weighted by atomic mass is 10.1. The molecule has 2 aromatic carbocycles. The average Bonchev–Trinajstić information content (AvgIpc) is 3.35. The van der Waals surface area contributed by atoms with E-state index in [0.717, 1.165) is 35.2 Å². The van der Waals surface area contributed by atoms with Gasteiger partial charge in [0.15, 0.2) is 5.96 Å². The van der Waals surface area contributed by atoms with Gasteiger partial charge in [-0.25, -0.2) is 4.98 Å². The third-order valence-electron chi connectivity index (χ3n) is 4.92. The molecule has 0 spiro atoms. The first-order valence-corrected chi connectivity index (χ1v) is 10.6. The Morgan fingerprint density at radius 2 is 1.86 bits per heavy atom. The molecular formula is C23H25N5S. The van der Waals surface area contributed by atoms with E-state index in [-0.39, 0.29) is 0 Å². The van der Waals surface area contributed by atoms with E-state index in [1.54, 1.807) is 18.4 Å². The van der Waals surface area contributed by atoms with Gasteiger partial charge in [0, 0.05) is 41.1 Å². The van der Waals surface area contributed by atoms with Gasteiger partial charge in [0.1, 0.15) is 5.01 Å². The van der Waals surface area contributed by atoms with Crippen LogP contribution in [0.2, 0.25) is 0 Å². The number of hydrogen-bond donors (Lipinski definition) is 3. The minimum absolute atomic E-state index is 0.711. The molecule has 0 aliphatic carbocycles. The Kier molecular flexibility index (Phi) is 5.91. The van der Waals surface area contributed by atoms with Crippen LogP contribution in [0.25, 0.3) is 21.5 Å². The highest BCUT2D eigenvalue weighted by Crippen LogP contribution is 2.27. The molecule has 0 unspecified atom stereocenters. The molecule has 2 heterocycles. The molecule has 148 valence electrons. The monoisotopic (exact) mass is 403 g/mol. The fourth-order valence-electron chi connectivity index (χ4n) is 3.33. The molecule has 4 aromatic rings. The third kappa shape index (κ3) is 4.49. The average molecular weight is 404 g/mol. The number of hydrogen-bond acceptors (Lipinski definition) is 3. The van der Waals surface area contributed by atoms with Gasteiger partial charge in [-0.05, 0) is 25.0 Å². The van der Waals surface area contributed by atoms with Crippen LogP contribution in [0.15, 0.2) is 65.8 Å². The zero-order chi connectivity index (χ0) is 20.1. The summed E-state index contributed by atoms with van der Waals surface area (Å²) in [6.07, 6.45) is 3.02. The van der Waals surface area contributed by atoms with Crippen molar-refractivity contribution in [3.63, 3.8) is 0 Å². The maximum Gasteiger partial charge on any atom is 0.191 e. The third-order valence-corrected chi connectivity index (χ3v) is 6.12. The van der Waals surface area contributed by atoms with Crippen molar-refractivity contribution in [3.05, 3.63) is 76.9 Å². The number of aryl methyl sites for hydroxylation is 1. The molecule has 0 amide bonds. The molecule has 2 aromatic heterocycles. The predicted octanol–water partition coefficient (Wildman–Crippen LogP) is 4.51. The number of para-hydroxylation sites is 1. The van der Waals surface area contributed by atoms with Gasteiger partial charge >= 0.3 is 0 Å². The highest BCUT2D eigenvalue weighted by atomic mass is 32.1. The number of thiazole rings is 1. The summed E-state index contributed by atoms with van der Waals surface area (Å²) < 4.78 is 0. The van der Waals surface area contributed by atoms with E-state index in [1.807, 2.05) is 18.2 Å². The number of guanidine groups is 1. The second-order valence-electron chi connectivity index (χ2n) is 6.86. The van der Waals surface area contributed by atoms with Gasteiger partial charge in [0.2, 0.25) is 0 Å². The minimum atomic E-state index is 0.711. The molecule has 4 rings (SSSR count). The fourth-order valence-corrected chi connectivity index (χ4v) is 4.34. The highest BCUT2D eigenvalue weighted by molar-refractivity contribution is 7.15. The Balaban J connectivity index is 1.32. The largest absolute Gasteiger partial charge is 0.361 e. The van der Waals surface area contributed by atoms with E-state index < -0.39 is 0 Å². The van der Waals surface area contributed by atoms with Gasteiger partial charge < -0.3 is 15.6 Å². The Bertz CT molecular complexity index is 1110. The molecule has 0 saturated carbocycles. The first-order valence-electron chi connectivity index (χ1n) is 9.76. The van der Waals surface area contributed by atoms with E-state index in [1.165, 1.54) is 21.3 Å². The minimum Gasteiger partial charge on any atom is -0.361 e. The maximum atomic E-state index is 4.72. The smallest absolute Gasteiger partial charge is 0.191 e. The number of fused-ring (bicyclic) bond motifs is 1. The molecule has 3 N–H and O–H groups in total. The second kappa shape index (κ2) is 8.92. The molecular weight excluding hydrogens is 378 g/mol. The fraction of sp³-hybridized carbons (Fsp3) is 0.217. The number of aromatic amines is 1. The van der Waals surface area contributed by atoms with Crippen molar-refractivity contribution < 1.29 is 0 Å². The molecule has 0 bridgehead atoms. The zero-order valence-electron chi connectivity index (χ0n) is 16.7. The summed E-state index contributed by atoms with van der Waals surface area (Å²) in [4.78, 5) is 13.6. The van der Waals surface area contributed by atoms with Crippen molar-refractivity contribution in [1.29, 1.82) is 0 Å². The van der Waals surface area contributed by atoms with E-state index in [4.69, 9.17) is 4.98 Å². The SMILES string of the molecule is CN=C(NCCc1c[nH]c2ccccc12)NCc1sc(-c2ccccc2)nc1C. The lowest BCUT2D eigenvalue weighted by Crippen LogP contribution is -2.37. The van der Waals surface area contributed by atoms with E-state index in [2.05, 4.69) is 70.1 Å². The molecule has 0 radical (unpaired) electrons. The van der Waals surface area contributed by atoms with Crippen LogP contribution in [0.1, 0.15) is 16.1 Å². The Morgan fingerprint density at radius 1 is 1.07 bits per heavy atom. The topological polar surface area (TPSA) is 65.1 Å². The van der Waals surface area contributed by atoms with Gasteiger partial charge in [0.05, 0.1) is 12.2 Å². The van der Waals surface area contributed by atoms with Crippen molar-refractivity contribution in [2.24, 2.45) is 4.99 Å². The first kappa shape index (κ1) is 19.2. The first-order chi connectivity index (χ1) is 14.2. The quantitative estimate of drug-likeness (QED) is 0.328. The summed E-state index contributed by atoms with van der Waals surface area (Å²) in [6, 6.07) is 18.7. The number of rotatable bonds is 6. The molecule has 6 heteroatoms. The van der Waals surface area contributed by atoms with Crippen LogP contribution in [0, 0.1) is 6.92 Å². The van der Waals surface area contributed by atoms with Gasteiger partial charge in [-0.1, -0.05) is 48.5 Å². The van der Waals surface area contributed by atoms with Crippen LogP contribution in [0.4, 0.5) is 0 Å². The van der Waals surface area contributed by atoms with Crippen LogP contribution in [-0.4, -0.2) is 29.5 Å². The molecule has 29 heavy (non-hydrogen) atoms. The van der Waals surface area contributed by atoms with E-state index >= 15 is 0 Å². The number of nitrogens with one attached hydrogen (secondary N) is 3. The van der Waals surface area contributed by atoms with Gasteiger partial charge in [-0.2, -0.15) is 0 Å². The van der Waals surface area contributed by atoms with Crippen LogP contribution in [0.5, 0.6) is 0 Å². The van der Waals surface area contributed by atoms with Crippen LogP contribution >= 0.6 is 11.3 Å². The molecule has 5 nitrogen and oxygen atoms in total.